The van der Waals surface area contributed by atoms with Gasteiger partial charge in [0.2, 0.25) is 0 Å². The van der Waals surface area contributed by atoms with Gasteiger partial charge in [0, 0.05) is 84.1 Å². The minimum atomic E-state index is -0.605. The zero-order chi connectivity index (χ0) is 16.9. The largest absolute Gasteiger partial charge is 0.526 e. The van der Waals surface area contributed by atoms with E-state index in [-0.39, 0.29) is 104 Å². The number of nitrogens with two attached hydrogens (primary N) is 1. The number of urea groups is 1. The molecule has 1 saturated heterocycles. The van der Waals surface area contributed by atoms with Gasteiger partial charge in [0.05, 0.1) is 6.10 Å². The first-order valence-corrected chi connectivity index (χ1v) is 7.02. The van der Waals surface area contributed by atoms with Crippen molar-refractivity contribution in [2.45, 2.75) is 39.3 Å². The van der Waals surface area contributed by atoms with Crippen molar-refractivity contribution >= 4 is 20.5 Å². The summed E-state index contributed by atoms with van der Waals surface area (Å²) >= 11 is 0. The van der Waals surface area contributed by atoms with Gasteiger partial charge in [-0.25, -0.2) is 4.79 Å². The van der Waals surface area contributed by atoms with E-state index in [0.717, 1.165) is 0 Å². The number of nitrogens with one attached hydrogen (secondary N) is 2. The molecule has 8 nitrogen and oxygen atoms in total. The molecule has 0 bridgehead atoms. The zero-order valence-electron chi connectivity index (χ0n) is 15.1. The first-order chi connectivity index (χ1) is 10.5. The van der Waals surface area contributed by atoms with Crippen molar-refractivity contribution in [2.75, 3.05) is 6.54 Å². The number of carbonyl (C=O) groups is 1. The number of carbonyl (C=O) groups excluding carboxylic acids is 2. The number of nitrogens with zero attached hydrogens (tertiary/aromatic N) is 1. The predicted molar refractivity (Wildman–Crippen MR) is 87.2 cm³/mol. The second-order valence-corrected chi connectivity index (χ2v) is 5.44. The summed E-state index contributed by atoms with van der Waals surface area (Å²) in [5.41, 5.74) is 6.53. The van der Waals surface area contributed by atoms with Gasteiger partial charge in [-0.3, -0.25) is 4.90 Å². The normalized spacial score (nSPS) is 30.1. The van der Waals surface area contributed by atoms with Crippen molar-refractivity contribution in [1.29, 1.82) is 0 Å². The molecule has 2 aliphatic rings. The van der Waals surface area contributed by atoms with Gasteiger partial charge >= 0.3 is 6.03 Å². The van der Waals surface area contributed by atoms with Crippen LogP contribution in [0.15, 0.2) is 11.8 Å². The quantitative estimate of drug-likeness (QED) is 0.232. The smallest absolute Gasteiger partial charge is 0.325 e. The summed E-state index contributed by atoms with van der Waals surface area (Å²) in [6.07, 6.45) is 2.43. The molecule has 2 aliphatic heterocycles. The molecule has 136 valence electrons. The van der Waals surface area contributed by atoms with E-state index in [0.29, 0.717) is 11.5 Å². The maximum Gasteiger partial charge on any atom is 0.325 e. The predicted octanol–water partition coefficient (Wildman–Crippen LogP) is -0.638. The van der Waals surface area contributed by atoms with Gasteiger partial charge in [-0.1, -0.05) is 13.8 Å². The van der Waals surface area contributed by atoms with Crippen LogP contribution in [-0.4, -0.2) is 55.5 Å². The Morgan fingerprint density at radius 1 is 1.36 bits per heavy atom. The molecule has 2 heterocycles. The molecule has 3 amide bonds. The third-order valence-corrected chi connectivity index (χ3v) is 4.23. The Kier molecular flexibility index (Phi) is 17.8. The minimum absolute atomic E-state index is 0. The van der Waals surface area contributed by atoms with Gasteiger partial charge in [-0.15, -0.1) is 0 Å². The molecule has 0 saturated carbocycles. The van der Waals surface area contributed by atoms with Crippen molar-refractivity contribution in [3.63, 3.8) is 0 Å². The van der Waals surface area contributed by atoms with E-state index in [1.807, 2.05) is 6.92 Å². The zero-order valence-corrected chi connectivity index (χ0v) is 20.8. The molecule has 5 atom stereocenters. The van der Waals surface area contributed by atoms with Crippen LogP contribution in [-0.2, 0) is 74.9 Å². The average molecular weight is 502 g/mol. The first-order valence-electron chi connectivity index (χ1n) is 7.02. The van der Waals surface area contributed by atoms with Crippen LogP contribution >= 0.6 is 0 Å². The van der Waals surface area contributed by atoms with Gasteiger partial charge in [0.25, 0.3) is 8.05 Å². The maximum atomic E-state index is 12.1. The van der Waals surface area contributed by atoms with E-state index in [9.17, 15) is 9.59 Å². The number of hydrogen-bond acceptors (Lipinski definition) is 5. The SMILES string of the molecule is CC1OC(N2C=C(CN[C-]=O)C(N)NC2=O)C(C)C1C.[B]O.[CH3-].[Y].[Y]. The van der Waals surface area contributed by atoms with Crippen LogP contribution in [0.3, 0.4) is 0 Å². The number of hydrogen-bond donors (Lipinski definition) is 4. The maximum absolute atomic E-state index is 12.1. The van der Waals surface area contributed by atoms with Crippen molar-refractivity contribution in [2.24, 2.45) is 17.6 Å². The summed E-state index contributed by atoms with van der Waals surface area (Å²) in [4.78, 5) is 23.9. The van der Waals surface area contributed by atoms with Crippen molar-refractivity contribution in [3.8, 4) is 0 Å². The summed E-state index contributed by atoms with van der Waals surface area (Å²) in [5.74, 6) is 0.579. The van der Waals surface area contributed by atoms with Crippen molar-refractivity contribution in [1.82, 2.24) is 15.5 Å². The average Bonchev–Trinajstić information content (AvgIpc) is 2.76. The fourth-order valence-electron chi connectivity index (χ4n) is 2.57. The Balaban J connectivity index is -0.000000934. The van der Waals surface area contributed by atoms with Gasteiger partial charge in [0.15, 0.2) is 0 Å². The molecule has 4 radical (unpaired) electrons. The molecule has 5 unspecified atom stereocenters. The van der Waals surface area contributed by atoms with E-state index < -0.39 is 6.17 Å². The van der Waals surface area contributed by atoms with Crippen LogP contribution in [0.25, 0.3) is 0 Å². The third kappa shape index (κ3) is 7.64. The van der Waals surface area contributed by atoms with Gasteiger partial charge in [-0.05, 0) is 18.4 Å². The summed E-state index contributed by atoms with van der Waals surface area (Å²) in [5, 5.41) is 11.6. The molecule has 11 heteroatoms. The molecule has 0 aliphatic carbocycles. The minimum Gasteiger partial charge on any atom is -0.526 e. The van der Waals surface area contributed by atoms with Crippen LogP contribution in [0, 0.1) is 19.3 Å². The van der Waals surface area contributed by atoms with Gasteiger partial charge in [0.1, 0.15) is 12.4 Å². The molecule has 0 aromatic heterocycles. The molecular formula is C14H25BN4O4Y2-2. The van der Waals surface area contributed by atoms with Crippen LogP contribution in [0.5, 0.6) is 0 Å². The first kappa shape index (κ1) is 30.4. The molecule has 2 rings (SSSR count). The van der Waals surface area contributed by atoms with Crippen LogP contribution in [0.4, 0.5) is 4.79 Å². The Labute approximate surface area is 201 Å². The fourth-order valence-corrected chi connectivity index (χ4v) is 2.57. The molecule has 0 aromatic carbocycles. The number of amides is 3. The number of rotatable bonds is 4. The van der Waals surface area contributed by atoms with E-state index >= 15 is 0 Å². The molecular weight excluding hydrogens is 477 g/mol. The second-order valence-electron chi connectivity index (χ2n) is 5.44. The van der Waals surface area contributed by atoms with Gasteiger partial charge < -0.3 is 38.3 Å². The summed E-state index contributed by atoms with van der Waals surface area (Å²) in [6, 6.07) is -0.283. The van der Waals surface area contributed by atoms with Crippen molar-refractivity contribution < 1.29 is 84.8 Å². The van der Waals surface area contributed by atoms with E-state index in [1.165, 1.54) is 4.90 Å². The fraction of sp³-hybridized carbons (Fsp3) is 0.643. The van der Waals surface area contributed by atoms with Crippen molar-refractivity contribution in [3.05, 3.63) is 19.2 Å². The van der Waals surface area contributed by atoms with E-state index in [1.54, 1.807) is 12.6 Å². The monoisotopic (exact) mass is 502 g/mol. The Morgan fingerprint density at radius 2 is 1.92 bits per heavy atom. The van der Waals surface area contributed by atoms with E-state index in [2.05, 4.69) is 32.5 Å². The molecule has 0 aromatic rings. The number of ether oxygens (including phenoxy) is 1. The Morgan fingerprint density at radius 3 is 2.36 bits per heavy atom. The Bertz CT molecular complexity index is 445. The van der Waals surface area contributed by atoms with Gasteiger partial charge in [-0.2, -0.15) is 6.41 Å². The molecule has 25 heavy (non-hydrogen) atoms. The van der Waals surface area contributed by atoms with Crippen LogP contribution < -0.4 is 16.4 Å². The summed E-state index contributed by atoms with van der Waals surface area (Å²) in [7, 11) is 3.50. The van der Waals surface area contributed by atoms with Crippen LogP contribution in [0.1, 0.15) is 20.8 Å². The van der Waals surface area contributed by atoms with Crippen LogP contribution in [0.2, 0.25) is 0 Å². The molecule has 1 fully saturated rings. The summed E-state index contributed by atoms with van der Waals surface area (Å²) in [6.45, 7) is 6.41. The third-order valence-electron chi connectivity index (χ3n) is 4.23. The Hall–Kier alpha value is 0.633. The second kappa shape index (κ2) is 14.7. The molecule has 0 spiro atoms. The molecule has 5 N–H and O–H groups in total. The summed E-state index contributed by atoms with van der Waals surface area (Å²) < 4.78 is 5.87. The topological polar surface area (TPSA) is 117 Å². The standard InChI is InChI=1S/C13H21N4O3.CH3.BHO.2Y/c1-7-8(2)12(20-9(7)3)17-5-10(4-15-6-18)11(14)16-13(17)19;;1-2;;/h5,7-9,11-12H,4,14H2,1-3H3,(H,15,18)(H,16,19);1H3;2H;;/q2*-1;;;. The van der Waals surface area contributed by atoms with E-state index in [4.69, 9.17) is 15.5 Å².